The van der Waals surface area contributed by atoms with Crippen LogP contribution in [0.5, 0.6) is 0 Å². The van der Waals surface area contributed by atoms with E-state index in [0.29, 0.717) is 0 Å². The molecule has 6 heteroatoms. The summed E-state index contributed by atoms with van der Waals surface area (Å²) in [5, 5.41) is 0.860. The van der Waals surface area contributed by atoms with Crippen LogP contribution < -0.4 is 0 Å². The van der Waals surface area contributed by atoms with E-state index in [1.165, 1.54) is 0 Å². The third-order valence-electron chi connectivity index (χ3n) is 1.11. The zero-order valence-corrected chi connectivity index (χ0v) is 7.17. The first-order chi connectivity index (χ1) is 5.55. The van der Waals surface area contributed by atoms with E-state index in [2.05, 4.69) is 9.13 Å². The SMILES string of the molecule is CCOC(=O)C1=NS(=O)(=O)C=C1. The summed E-state index contributed by atoms with van der Waals surface area (Å²) >= 11 is 0. The highest BCUT2D eigenvalue weighted by Crippen LogP contribution is 2.06. The lowest BCUT2D eigenvalue weighted by molar-refractivity contribution is -0.134. The molecule has 0 N–H and O–H groups in total. The van der Waals surface area contributed by atoms with Gasteiger partial charge in [-0.1, -0.05) is 0 Å². The fraction of sp³-hybridized carbons (Fsp3) is 0.333. The van der Waals surface area contributed by atoms with Gasteiger partial charge in [-0.25, -0.2) is 4.79 Å². The van der Waals surface area contributed by atoms with Crippen LogP contribution in [0.25, 0.3) is 0 Å². The monoisotopic (exact) mass is 189 g/mol. The van der Waals surface area contributed by atoms with Crippen LogP contribution in [-0.2, 0) is 19.6 Å². The number of carbonyl (C=O) groups excluding carboxylic acids is 1. The van der Waals surface area contributed by atoms with E-state index in [0.717, 1.165) is 11.5 Å². The van der Waals surface area contributed by atoms with E-state index in [1.54, 1.807) is 6.92 Å². The second-order valence-corrected chi connectivity index (χ2v) is 3.50. The maximum atomic E-state index is 10.9. The molecular formula is C6H7NO4S. The van der Waals surface area contributed by atoms with Crippen LogP contribution in [0.4, 0.5) is 0 Å². The van der Waals surface area contributed by atoms with Gasteiger partial charge in [0.05, 0.1) is 12.0 Å². The summed E-state index contributed by atoms with van der Waals surface area (Å²) in [6, 6.07) is 0. The van der Waals surface area contributed by atoms with Crippen LogP contribution in [0.3, 0.4) is 0 Å². The van der Waals surface area contributed by atoms with Gasteiger partial charge in [0.15, 0.2) is 5.71 Å². The van der Waals surface area contributed by atoms with E-state index in [4.69, 9.17) is 0 Å². The fourth-order valence-corrected chi connectivity index (χ4v) is 1.43. The Balaban J connectivity index is 2.82. The minimum absolute atomic E-state index is 0.170. The van der Waals surface area contributed by atoms with Crippen molar-refractivity contribution in [3.05, 3.63) is 11.5 Å². The number of ether oxygens (including phenoxy) is 1. The molecule has 0 fully saturated rings. The number of nitrogens with zero attached hydrogens (tertiary/aromatic N) is 1. The molecule has 0 saturated carbocycles. The van der Waals surface area contributed by atoms with Gasteiger partial charge in [-0.3, -0.25) is 0 Å². The van der Waals surface area contributed by atoms with Gasteiger partial charge in [-0.15, -0.1) is 0 Å². The highest BCUT2D eigenvalue weighted by Gasteiger charge is 2.19. The van der Waals surface area contributed by atoms with E-state index in [1.807, 2.05) is 0 Å². The molecule has 0 atom stereocenters. The standard InChI is InChI=1S/C6H7NO4S/c1-2-11-6(8)5-3-4-12(9,10)7-5/h3-4H,2H2,1H3. The van der Waals surface area contributed by atoms with Crippen molar-refractivity contribution in [2.24, 2.45) is 4.40 Å². The largest absolute Gasteiger partial charge is 0.461 e. The van der Waals surface area contributed by atoms with Crippen LogP contribution in [0, 0.1) is 0 Å². The zero-order valence-electron chi connectivity index (χ0n) is 6.35. The fourth-order valence-electron chi connectivity index (χ4n) is 0.659. The van der Waals surface area contributed by atoms with Crippen molar-refractivity contribution in [1.29, 1.82) is 0 Å². The van der Waals surface area contributed by atoms with E-state index < -0.39 is 16.0 Å². The molecule has 1 aliphatic heterocycles. The van der Waals surface area contributed by atoms with E-state index >= 15 is 0 Å². The third-order valence-corrected chi connectivity index (χ3v) is 2.04. The number of carbonyl (C=O) groups is 1. The van der Waals surface area contributed by atoms with Crippen molar-refractivity contribution in [2.75, 3.05) is 6.61 Å². The Kier molecular flexibility index (Phi) is 2.27. The van der Waals surface area contributed by atoms with Crippen LogP contribution in [0.2, 0.25) is 0 Å². The summed E-state index contributed by atoms with van der Waals surface area (Å²) in [6.07, 6.45) is 1.12. The molecule has 5 nitrogen and oxygen atoms in total. The number of hydrogen-bond acceptors (Lipinski definition) is 4. The Bertz CT molecular complexity index is 352. The van der Waals surface area contributed by atoms with Crippen molar-refractivity contribution in [3.8, 4) is 0 Å². The molecule has 0 aromatic heterocycles. The Morgan fingerprint density at radius 1 is 1.67 bits per heavy atom. The molecular weight excluding hydrogens is 182 g/mol. The van der Waals surface area contributed by atoms with E-state index in [-0.39, 0.29) is 12.3 Å². The minimum Gasteiger partial charge on any atom is -0.461 e. The van der Waals surface area contributed by atoms with Crippen LogP contribution in [0.15, 0.2) is 15.9 Å². The first-order valence-corrected chi connectivity index (χ1v) is 4.75. The molecule has 0 aromatic carbocycles. The molecule has 0 aliphatic carbocycles. The smallest absolute Gasteiger partial charge is 0.357 e. The van der Waals surface area contributed by atoms with Crippen LogP contribution in [-0.4, -0.2) is 26.7 Å². The van der Waals surface area contributed by atoms with Gasteiger partial charge >= 0.3 is 5.97 Å². The van der Waals surface area contributed by atoms with Gasteiger partial charge in [-0.2, -0.15) is 12.8 Å². The molecule has 0 bridgehead atoms. The topological polar surface area (TPSA) is 72.8 Å². The zero-order chi connectivity index (χ0) is 9.19. The maximum Gasteiger partial charge on any atom is 0.357 e. The summed E-state index contributed by atoms with van der Waals surface area (Å²) in [5.74, 6) is -0.713. The molecule has 0 saturated heterocycles. The Labute approximate surface area is 69.8 Å². The molecule has 1 rings (SSSR count). The van der Waals surface area contributed by atoms with Gasteiger partial charge in [0.25, 0.3) is 10.0 Å². The third kappa shape index (κ3) is 1.91. The molecule has 12 heavy (non-hydrogen) atoms. The second kappa shape index (κ2) is 3.06. The Hall–Kier alpha value is -1.17. The van der Waals surface area contributed by atoms with Gasteiger partial charge < -0.3 is 4.74 Å². The van der Waals surface area contributed by atoms with Gasteiger partial charge in [0, 0.05) is 0 Å². The van der Waals surface area contributed by atoms with Crippen molar-refractivity contribution in [3.63, 3.8) is 0 Å². The first kappa shape index (κ1) is 8.92. The molecule has 66 valence electrons. The Morgan fingerprint density at radius 3 is 2.75 bits per heavy atom. The summed E-state index contributed by atoms with van der Waals surface area (Å²) in [6.45, 7) is 1.83. The van der Waals surface area contributed by atoms with Gasteiger partial charge in [-0.05, 0) is 13.0 Å². The number of rotatable bonds is 2. The average Bonchev–Trinajstić information content (AvgIpc) is 2.31. The maximum absolute atomic E-state index is 10.9. The van der Waals surface area contributed by atoms with Crippen molar-refractivity contribution in [2.45, 2.75) is 6.92 Å². The lowest BCUT2D eigenvalue weighted by atomic mass is 10.4. The summed E-state index contributed by atoms with van der Waals surface area (Å²) in [4.78, 5) is 10.9. The highest BCUT2D eigenvalue weighted by atomic mass is 32.2. The van der Waals surface area contributed by atoms with Crippen molar-refractivity contribution >= 4 is 21.7 Å². The van der Waals surface area contributed by atoms with Crippen LogP contribution >= 0.6 is 0 Å². The molecule has 0 radical (unpaired) electrons. The molecule has 0 unspecified atom stereocenters. The van der Waals surface area contributed by atoms with Crippen LogP contribution in [0.1, 0.15) is 6.92 Å². The predicted molar refractivity (Wildman–Crippen MR) is 42.1 cm³/mol. The normalized spacial score (nSPS) is 18.9. The Morgan fingerprint density at radius 2 is 2.33 bits per heavy atom. The summed E-state index contributed by atoms with van der Waals surface area (Å²) in [5.41, 5.74) is -0.170. The lowest BCUT2D eigenvalue weighted by Crippen LogP contribution is -2.13. The number of sulfonamides is 1. The lowest BCUT2D eigenvalue weighted by Gasteiger charge is -1.96. The van der Waals surface area contributed by atoms with Gasteiger partial charge in [0.1, 0.15) is 0 Å². The predicted octanol–water partition coefficient (Wildman–Crippen LogP) is -0.152. The summed E-state index contributed by atoms with van der Waals surface area (Å²) < 4.78 is 29.0. The molecule has 1 aliphatic rings. The first-order valence-electron chi connectivity index (χ1n) is 3.25. The molecule has 0 amide bonds. The summed E-state index contributed by atoms with van der Waals surface area (Å²) in [7, 11) is -3.55. The van der Waals surface area contributed by atoms with Crippen molar-refractivity contribution in [1.82, 2.24) is 0 Å². The van der Waals surface area contributed by atoms with E-state index in [9.17, 15) is 13.2 Å². The highest BCUT2D eigenvalue weighted by molar-refractivity contribution is 7.93. The number of hydrogen-bond donors (Lipinski definition) is 0. The quantitative estimate of drug-likeness (QED) is 0.566. The molecule has 0 spiro atoms. The second-order valence-electron chi connectivity index (χ2n) is 2.01. The molecule has 0 aromatic rings. The molecule has 1 heterocycles. The van der Waals surface area contributed by atoms with Gasteiger partial charge in [0.2, 0.25) is 0 Å². The van der Waals surface area contributed by atoms with Crippen molar-refractivity contribution < 1.29 is 17.9 Å². The minimum atomic E-state index is -3.55. The average molecular weight is 189 g/mol. The number of esters is 1.